The molecule has 1 N–H and O–H groups in total. The smallest absolute Gasteiger partial charge is 0.418 e. The highest BCUT2D eigenvalue weighted by molar-refractivity contribution is 6.31. The molecular formula is C33H33Cl2F4NO2. The summed E-state index contributed by atoms with van der Waals surface area (Å²) < 4.78 is 55.4. The van der Waals surface area contributed by atoms with Crippen LogP contribution < -0.4 is 0 Å². The molecule has 0 amide bonds. The van der Waals surface area contributed by atoms with Gasteiger partial charge < -0.3 is 10.0 Å². The summed E-state index contributed by atoms with van der Waals surface area (Å²) in [5, 5.41) is 9.21. The molecule has 1 unspecified atom stereocenters. The van der Waals surface area contributed by atoms with E-state index in [1.165, 1.54) is 18.2 Å². The number of aromatic carboxylic acids is 1. The zero-order valence-corrected chi connectivity index (χ0v) is 24.6. The van der Waals surface area contributed by atoms with Crippen molar-refractivity contribution in [3.8, 4) is 0 Å². The molecule has 0 bridgehead atoms. The van der Waals surface area contributed by atoms with Crippen LogP contribution in [0.2, 0.25) is 5.02 Å². The van der Waals surface area contributed by atoms with Gasteiger partial charge in [0.1, 0.15) is 0 Å². The molecular weight excluding hydrogens is 589 g/mol. The molecule has 42 heavy (non-hydrogen) atoms. The van der Waals surface area contributed by atoms with Gasteiger partial charge >= 0.3 is 12.1 Å². The molecule has 0 spiro atoms. The highest BCUT2D eigenvalue weighted by atomic mass is 35.5. The van der Waals surface area contributed by atoms with Gasteiger partial charge in [0, 0.05) is 13.1 Å². The molecule has 3 aromatic rings. The number of carboxylic acids is 1. The molecule has 1 saturated heterocycles. The van der Waals surface area contributed by atoms with Crippen molar-refractivity contribution < 1.29 is 27.5 Å². The van der Waals surface area contributed by atoms with Crippen molar-refractivity contribution >= 4 is 41.1 Å². The van der Waals surface area contributed by atoms with Crippen LogP contribution in [0.3, 0.4) is 0 Å². The minimum atomic E-state index is -4.64. The molecule has 1 aliphatic heterocycles. The second kappa shape index (κ2) is 13.6. The summed E-state index contributed by atoms with van der Waals surface area (Å²) in [5.41, 5.74) is 4.03. The number of allylic oxidation sites excluding steroid dienone is 1. The number of likely N-dealkylation sites (tertiary alicyclic amines) is 1. The van der Waals surface area contributed by atoms with Gasteiger partial charge in [-0.15, -0.1) is 12.4 Å². The number of fused-ring (bicyclic) bond motifs is 1. The lowest BCUT2D eigenvalue weighted by molar-refractivity contribution is -0.137. The largest absolute Gasteiger partial charge is 0.478 e. The Balaban J connectivity index is 0.00000405. The summed E-state index contributed by atoms with van der Waals surface area (Å²) in [7, 11) is 0. The Hall–Kier alpha value is -2.87. The number of nitrogens with zero attached hydrogens (tertiary/aromatic N) is 1. The molecule has 0 radical (unpaired) electrons. The quantitative estimate of drug-likeness (QED) is 0.255. The summed E-state index contributed by atoms with van der Waals surface area (Å²) in [6, 6.07) is 17.1. The van der Waals surface area contributed by atoms with Crippen LogP contribution in [0.1, 0.15) is 69.4 Å². The first-order valence-corrected chi connectivity index (χ1v) is 14.4. The van der Waals surface area contributed by atoms with Gasteiger partial charge in [0.15, 0.2) is 0 Å². The molecule has 2 aliphatic rings. The number of carbonyl (C=O) groups is 1. The van der Waals surface area contributed by atoms with Crippen LogP contribution in [-0.4, -0.2) is 42.3 Å². The summed E-state index contributed by atoms with van der Waals surface area (Å²) in [6.45, 7) is 2.37. The molecule has 3 aromatic carbocycles. The molecule has 3 nitrogen and oxygen atoms in total. The van der Waals surface area contributed by atoms with E-state index in [-0.39, 0.29) is 35.2 Å². The maximum atomic E-state index is 14.3. The van der Waals surface area contributed by atoms with Gasteiger partial charge in [-0.25, -0.2) is 4.79 Å². The van der Waals surface area contributed by atoms with Crippen molar-refractivity contribution in [2.45, 2.75) is 44.7 Å². The fourth-order valence-electron chi connectivity index (χ4n) is 6.29. The zero-order valence-electron chi connectivity index (χ0n) is 23.0. The first-order valence-electron chi connectivity index (χ1n) is 14.0. The van der Waals surface area contributed by atoms with E-state index >= 15 is 0 Å². The fraction of sp³-hybridized carbons (Fsp3) is 0.364. The van der Waals surface area contributed by atoms with Crippen LogP contribution in [0.5, 0.6) is 0 Å². The van der Waals surface area contributed by atoms with Crippen molar-refractivity contribution in [3.05, 3.63) is 105 Å². The van der Waals surface area contributed by atoms with E-state index < -0.39 is 17.7 Å². The van der Waals surface area contributed by atoms with Crippen molar-refractivity contribution in [1.82, 2.24) is 4.90 Å². The molecule has 5 rings (SSSR count). The summed E-state index contributed by atoms with van der Waals surface area (Å²) in [4.78, 5) is 14.0. The molecule has 1 fully saturated rings. The standard InChI is InChI=1S/C33H32ClF4NO2.ClH/c34-29-7-2-6-28(31(29)33(36,37)38)27-5-1-4-24-19-25(32(40)41)12-13-26(24)30(27)23-10-8-21(9-11-23)18-22-14-17-39(20-22)16-3-15-35;/h2,6-13,19,22H,1,3-5,14-18,20H2,(H,40,41);1H. The molecule has 0 saturated carbocycles. The lowest BCUT2D eigenvalue weighted by Gasteiger charge is -2.21. The summed E-state index contributed by atoms with van der Waals surface area (Å²) >= 11 is 6.13. The maximum absolute atomic E-state index is 14.3. The Morgan fingerprint density at radius 2 is 1.79 bits per heavy atom. The van der Waals surface area contributed by atoms with Gasteiger partial charge in [0.2, 0.25) is 0 Å². The molecule has 1 aliphatic carbocycles. The molecule has 1 atom stereocenters. The second-order valence-electron chi connectivity index (χ2n) is 10.9. The number of carboxylic acid groups (broad SMARTS) is 1. The lowest BCUT2D eigenvalue weighted by atomic mass is 9.85. The monoisotopic (exact) mass is 621 g/mol. The Kier molecular flexibility index (Phi) is 10.4. The van der Waals surface area contributed by atoms with E-state index in [2.05, 4.69) is 4.90 Å². The van der Waals surface area contributed by atoms with E-state index in [9.17, 15) is 27.5 Å². The van der Waals surface area contributed by atoms with Crippen LogP contribution >= 0.6 is 24.0 Å². The third kappa shape index (κ3) is 7.01. The first kappa shape index (κ1) is 32.1. The van der Waals surface area contributed by atoms with Gasteiger partial charge in [0.25, 0.3) is 0 Å². The minimum Gasteiger partial charge on any atom is -0.478 e. The van der Waals surface area contributed by atoms with E-state index in [0.717, 1.165) is 54.7 Å². The van der Waals surface area contributed by atoms with Gasteiger partial charge in [-0.1, -0.05) is 54.1 Å². The Bertz CT molecular complexity index is 1450. The number of alkyl halides is 4. The van der Waals surface area contributed by atoms with E-state index in [1.807, 2.05) is 24.3 Å². The Morgan fingerprint density at radius 1 is 1.02 bits per heavy atom. The predicted octanol–water partition coefficient (Wildman–Crippen LogP) is 9.00. The van der Waals surface area contributed by atoms with Crippen LogP contribution in [0.15, 0.2) is 60.7 Å². The Labute approximate surface area is 254 Å². The third-order valence-electron chi connectivity index (χ3n) is 8.16. The van der Waals surface area contributed by atoms with Crippen molar-refractivity contribution in [2.75, 3.05) is 26.3 Å². The molecule has 1 heterocycles. The van der Waals surface area contributed by atoms with Gasteiger partial charge in [-0.3, -0.25) is 4.39 Å². The zero-order chi connectivity index (χ0) is 29.1. The average molecular weight is 623 g/mol. The molecule has 0 aromatic heterocycles. The molecule has 224 valence electrons. The maximum Gasteiger partial charge on any atom is 0.418 e. The Morgan fingerprint density at radius 3 is 2.48 bits per heavy atom. The van der Waals surface area contributed by atoms with E-state index in [0.29, 0.717) is 42.7 Å². The summed E-state index contributed by atoms with van der Waals surface area (Å²) in [6.07, 6.45) is -0.662. The van der Waals surface area contributed by atoms with E-state index in [4.69, 9.17) is 11.6 Å². The topological polar surface area (TPSA) is 40.5 Å². The minimum absolute atomic E-state index is 0. The fourth-order valence-corrected chi connectivity index (χ4v) is 6.57. The van der Waals surface area contributed by atoms with Crippen molar-refractivity contribution in [3.63, 3.8) is 0 Å². The number of rotatable bonds is 8. The lowest BCUT2D eigenvalue weighted by Crippen LogP contribution is -2.22. The number of halogens is 6. The summed E-state index contributed by atoms with van der Waals surface area (Å²) in [5.74, 6) is -0.569. The number of hydrogen-bond acceptors (Lipinski definition) is 2. The average Bonchev–Trinajstić information content (AvgIpc) is 3.29. The SMILES string of the molecule is Cl.O=C(O)c1ccc2c(c1)CCCC(c1cccc(Cl)c1C(F)(F)F)=C2c1ccc(CC2CCN(CCCF)C2)cc1. The van der Waals surface area contributed by atoms with Gasteiger partial charge in [-0.2, -0.15) is 13.2 Å². The number of benzene rings is 3. The highest BCUT2D eigenvalue weighted by Crippen LogP contribution is 2.46. The first-order chi connectivity index (χ1) is 19.7. The third-order valence-corrected chi connectivity index (χ3v) is 8.48. The number of hydrogen-bond donors (Lipinski definition) is 1. The van der Waals surface area contributed by atoms with Crippen LogP contribution in [-0.2, 0) is 19.0 Å². The van der Waals surface area contributed by atoms with Crippen LogP contribution in [0, 0.1) is 5.92 Å². The van der Waals surface area contributed by atoms with Gasteiger partial charge in [0.05, 0.1) is 22.8 Å². The molecule has 9 heteroatoms. The van der Waals surface area contributed by atoms with E-state index in [1.54, 1.807) is 18.2 Å². The van der Waals surface area contributed by atoms with Crippen molar-refractivity contribution in [2.24, 2.45) is 5.92 Å². The van der Waals surface area contributed by atoms with Crippen LogP contribution in [0.4, 0.5) is 17.6 Å². The number of aryl methyl sites for hydroxylation is 1. The van der Waals surface area contributed by atoms with Crippen molar-refractivity contribution in [1.29, 1.82) is 0 Å². The second-order valence-corrected chi connectivity index (χ2v) is 11.4. The van der Waals surface area contributed by atoms with Crippen LogP contribution in [0.25, 0.3) is 11.1 Å². The highest BCUT2D eigenvalue weighted by Gasteiger charge is 2.37. The normalized spacial score (nSPS) is 17.5. The van der Waals surface area contributed by atoms with Gasteiger partial charge in [-0.05, 0) is 108 Å². The predicted molar refractivity (Wildman–Crippen MR) is 161 cm³/mol.